The van der Waals surface area contributed by atoms with Crippen LogP contribution in [-0.2, 0) is 11.3 Å². The van der Waals surface area contributed by atoms with E-state index in [1.165, 1.54) is 12.8 Å². The highest BCUT2D eigenvalue weighted by Crippen LogP contribution is 2.38. The van der Waals surface area contributed by atoms with E-state index in [4.69, 9.17) is 5.11 Å². The molecule has 0 saturated heterocycles. The number of carbonyl (C=O) groups is 1. The highest BCUT2D eigenvalue weighted by atomic mass is 16.4. The first kappa shape index (κ1) is 10.2. The highest BCUT2D eigenvalue weighted by molar-refractivity contribution is 5.73. The summed E-state index contributed by atoms with van der Waals surface area (Å²) < 4.78 is 1.94. The molecule has 1 aromatic rings. The van der Waals surface area contributed by atoms with Crippen LogP contribution < -0.4 is 5.32 Å². The second-order valence-electron chi connectivity index (χ2n) is 3.89. The van der Waals surface area contributed by atoms with Crippen LogP contribution in [0.5, 0.6) is 0 Å². The third-order valence-corrected chi connectivity index (χ3v) is 2.72. The second kappa shape index (κ2) is 4.02. The fourth-order valence-corrected chi connectivity index (χ4v) is 1.67. The SMILES string of the molecule is CNC(Cn1ccnc1C1CC1)C(=O)O. The molecule has 82 valence electrons. The normalized spacial score (nSPS) is 17.7. The zero-order chi connectivity index (χ0) is 10.8. The summed E-state index contributed by atoms with van der Waals surface area (Å²) in [5, 5.41) is 11.7. The largest absolute Gasteiger partial charge is 0.480 e. The molecule has 1 saturated carbocycles. The van der Waals surface area contributed by atoms with Crippen molar-refractivity contribution in [3.8, 4) is 0 Å². The van der Waals surface area contributed by atoms with E-state index in [-0.39, 0.29) is 0 Å². The summed E-state index contributed by atoms with van der Waals surface area (Å²) in [5.74, 6) is 0.746. The molecule has 5 heteroatoms. The van der Waals surface area contributed by atoms with Crippen molar-refractivity contribution in [3.05, 3.63) is 18.2 Å². The van der Waals surface area contributed by atoms with Crippen molar-refractivity contribution in [1.29, 1.82) is 0 Å². The van der Waals surface area contributed by atoms with Gasteiger partial charge in [-0.2, -0.15) is 0 Å². The quantitative estimate of drug-likeness (QED) is 0.738. The van der Waals surface area contributed by atoms with Crippen molar-refractivity contribution >= 4 is 5.97 Å². The van der Waals surface area contributed by atoms with Gasteiger partial charge >= 0.3 is 5.97 Å². The average Bonchev–Trinajstić information content (AvgIpc) is 2.95. The number of hydrogen-bond acceptors (Lipinski definition) is 3. The lowest BCUT2D eigenvalue weighted by atomic mass is 10.3. The van der Waals surface area contributed by atoms with Gasteiger partial charge in [-0.05, 0) is 19.9 Å². The summed E-state index contributed by atoms with van der Waals surface area (Å²) in [7, 11) is 1.66. The molecule has 0 aliphatic heterocycles. The van der Waals surface area contributed by atoms with E-state index in [1.54, 1.807) is 13.2 Å². The van der Waals surface area contributed by atoms with Gasteiger partial charge in [0.1, 0.15) is 11.9 Å². The Kier molecular flexibility index (Phi) is 2.73. The van der Waals surface area contributed by atoms with Crippen LogP contribution >= 0.6 is 0 Å². The van der Waals surface area contributed by atoms with Gasteiger partial charge in [0.15, 0.2) is 0 Å². The van der Waals surface area contributed by atoms with E-state index in [9.17, 15) is 4.79 Å². The van der Waals surface area contributed by atoms with E-state index in [0.717, 1.165) is 5.82 Å². The maximum Gasteiger partial charge on any atom is 0.322 e. The summed E-state index contributed by atoms with van der Waals surface area (Å²) in [6, 6.07) is -0.545. The molecular weight excluding hydrogens is 194 g/mol. The number of hydrogen-bond donors (Lipinski definition) is 2. The van der Waals surface area contributed by atoms with Crippen LogP contribution in [0.25, 0.3) is 0 Å². The predicted molar refractivity (Wildman–Crippen MR) is 54.7 cm³/mol. The predicted octanol–water partition coefficient (Wildman–Crippen LogP) is 0.433. The standard InChI is InChI=1S/C10H15N3O2/c1-11-8(10(14)15)6-13-5-4-12-9(13)7-2-3-7/h4-5,7-8,11H,2-3,6H2,1H3,(H,14,15). The van der Waals surface area contributed by atoms with Gasteiger partial charge in [-0.3, -0.25) is 4.79 Å². The Morgan fingerprint density at radius 3 is 3.07 bits per heavy atom. The van der Waals surface area contributed by atoms with E-state index in [2.05, 4.69) is 10.3 Å². The number of nitrogens with one attached hydrogen (secondary N) is 1. The number of nitrogens with zero attached hydrogens (tertiary/aromatic N) is 2. The van der Waals surface area contributed by atoms with Gasteiger partial charge in [-0.25, -0.2) is 4.98 Å². The number of rotatable bonds is 5. The van der Waals surface area contributed by atoms with Crippen LogP contribution in [0.15, 0.2) is 12.4 Å². The zero-order valence-corrected chi connectivity index (χ0v) is 8.68. The lowest BCUT2D eigenvalue weighted by molar-refractivity contribution is -0.139. The molecule has 0 amide bonds. The number of likely N-dealkylation sites (N-methyl/N-ethyl adjacent to an activating group) is 1. The molecule has 0 aromatic carbocycles. The van der Waals surface area contributed by atoms with Crippen molar-refractivity contribution in [3.63, 3.8) is 0 Å². The highest BCUT2D eigenvalue weighted by Gasteiger charge is 2.28. The first-order valence-electron chi connectivity index (χ1n) is 5.13. The van der Waals surface area contributed by atoms with Crippen molar-refractivity contribution in [2.24, 2.45) is 0 Å². The zero-order valence-electron chi connectivity index (χ0n) is 8.68. The maximum atomic E-state index is 10.9. The number of aliphatic carboxylic acids is 1. The van der Waals surface area contributed by atoms with Crippen LogP contribution in [0.2, 0.25) is 0 Å². The molecule has 0 radical (unpaired) electrons. The fourth-order valence-electron chi connectivity index (χ4n) is 1.67. The van der Waals surface area contributed by atoms with Crippen LogP contribution in [0.4, 0.5) is 0 Å². The molecule has 0 bridgehead atoms. The van der Waals surface area contributed by atoms with Gasteiger partial charge in [0.25, 0.3) is 0 Å². The van der Waals surface area contributed by atoms with E-state index < -0.39 is 12.0 Å². The Morgan fingerprint density at radius 2 is 2.53 bits per heavy atom. The van der Waals surface area contributed by atoms with Gasteiger partial charge in [-0.1, -0.05) is 0 Å². The Labute approximate surface area is 88.1 Å². The molecule has 2 N–H and O–H groups in total. The summed E-state index contributed by atoms with van der Waals surface area (Å²) in [6.45, 7) is 0.442. The minimum Gasteiger partial charge on any atom is -0.480 e. The Balaban J connectivity index is 2.08. The Hall–Kier alpha value is -1.36. The molecule has 1 aliphatic carbocycles. The Morgan fingerprint density at radius 1 is 1.80 bits per heavy atom. The maximum absolute atomic E-state index is 10.9. The van der Waals surface area contributed by atoms with E-state index >= 15 is 0 Å². The topological polar surface area (TPSA) is 67.2 Å². The minimum atomic E-state index is -0.826. The average molecular weight is 209 g/mol. The van der Waals surface area contributed by atoms with Crippen molar-refractivity contribution in [2.75, 3.05) is 7.05 Å². The molecule has 5 nitrogen and oxygen atoms in total. The molecular formula is C10H15N3O2. The summed E-state index contributed by atoms with van der Waals surface area (Å²) in [4.78, 5) is 15.1. The third kappa shape index (κ3) is 2.18. The molecule has 1 fully saturated rings. The third-order valence-electron chi connectivity index (χ3n) is 2.72. The molecule has 1 unspecified atom stereocenters. The molecule has 1 aromatic heterocycles. The Bertz CT molecular complexity index is 357. The van der Waals surface area contributed by atoms with Crippen LogP contribution in [0, 0.1) is 0 Å². The van der Waals surface area contributed by atoms with Gasteiger partial charge in [-0.15, -0.1) is 0 Å². The number of aromatic nitrogens is 2. The number of carboxylic acid groups (broad SMARTS) is 1. The van der Waals surface area contributed by atoms with Gasteiger partial charge in [0.2, 0.25) is 0 Å². The lowest BCUT2D eigenvalue weighted by Crippen LogP contribution is -2.37. The summed E-state index contributed by atoms with van der Waals surface area (Å²) in [5.41, 5.74) is 0. The van der Waals surface area contributed by atoms with Crippen LogP contribution in [0.3, 0.4) is 0 Å². The van der Waals surface area contributed by atoms with Gasteiger partial charge < -0.3 is 15.0 Å². The minimum absolute atomic E-state index is 0.442. The van der Waals surface area contributed by atoms with Gasteiger partial charge in [0, 0.05) is 24.9 Å². The molecule has 1 heterocycles. The molecule has 0 spiro atoms. The van der Waals surface area contributed by atoms with Gasteiger partial charge in [0.05, 0.1) is 0 Å². The van der Waals surface area contributed by atoms with E-state index in [0.29, 0.717) is 12.5 Å². The molecule has 1 aliphatic rings. The second-order valence-corrected chi connectivity index (χ2v) is 3.89. The first-order valence-corrected chi connectivity index (χ1v) is 5.13. The van der Waals surface area contributed by atoms with Crippen molar-refractivity contribution in [2.45, 2.75) is 31.3 Å². The van der Waals surface area contributed by atoms with Crippen molar-refractivity contribution in [1.82, 2.24) is 14.9 Å². The molecule has 15 heavy (non-hydrogen) atoms. The summed E-state index contributed by atoms with van der Waals surface area (Å²) in [6.07, 6.45) is 5.94. The lowest BCUT2D eigenvalue weighted by Gasteiger charge is -2.13. The van der Waals surface area contributed by atoms with Crippen LogP contribution in [0.1, 0.15) is 24.6 Å². The monoisotopic (exact) mass is 209 g/mol. The van der Waals surface area contributed by atoms with E-state index in [1.807, 2.05) is 10.8 Å². The summed E-state index contributed by atoms with van der Waals surface area (Å²) >= 11 is 0. The van der Waals surface area contributed by atoms with Crippen LogP contribution in [-0.4, -0.2) is 33.7 Å². The molecule has 1 atom stereocenters. The molecule has 2 rings (SSSR count). The number of imidazole rings is 1. The first-order chi connectivity index (χ1) is 7.22. The van der Waals surface area contributed by atoms with Crippen molar-refractivity contribution < 1.29 is 9.90 Å². The smallest absolute Gasteiger partial charge is 0.322 e. The fraction of sp³-hybridized carbons (Fsp3) is 0.600. The number of carboxylic acids is 1.